The van der Waals surface area contributed by atoms with Crippen molar-refractivity contribution in [1.29, 1.82) is 5.26 Å². The van der Waals surface area contributed by atoms with E-state index in [0.717, 1.165) is 21.5 Å². The average Bonchev–Trinajstić information content (AvgIpc) is 2.62. The van der Waals surface area contributed by atoms with Crippen LogP contribution in [-0.2, 0) is 6.42 Å². The highest BCUT2D eigenvalue weighted by atomic mass is 79.9. The summed E-state index contributed by atoms with van der Waals surface area (Å²) in [5.74, 6) is 1.73. The molecular weight excluding hydrogens is 396 g/mol. The molecule has 0 aliphatic heterocycles. The van der Waals surface area contributed by atoms with Gasteiger partial charge in [-0.15, -0.1) is 0 Å². The van der Waals surface area contributed by atoms with Crippen molar-refractivity contribution in [2.24, 2.45) is 0 Å². The Hall–Kier alpha value is -3.18. The molecule has 7 nitrogen and oxygen atoms in total. The maximum Gasteiger partial charge on any atom is 0.232 e. The molecule has 0 saturated carbocycles. The third kappa shape index (κ3) is 4.26. The fourth-order valence-corrected chi connectivity index (χ4v) is 2.79. The highest BCUT2D eigenvalue weighted by Crippen LogP contribution is 2.25. The molecular formula is C18H15BrN6O. The minimum Gasteiger partial charge on any atom is -0.496 e. The zero-order chi connectivity index (χ0) is 18.5. The first-order chi connectivity index (χ1) is 12.6. The first-order valence-corrected chi connectivity index (χ1v) is 8.46. The van der Waals surface area contributed by atoms with Crippen LogP contribution in [0.15, 0.2) is 46.9 Å². The van der Waals surface area contributed by atoms with Crippen molar-refractivity contribution in [1.82, 2.24) is 15.0 Å². The number of nitrogen functional groups attached to an aromatic ring is 1. The molecule has 130 valence electrons. The van der Waals surface area contributed by atoms with Gasteiger partial charge in [0.2, 0.25) is 11.9 Å². The number of methoxy groups -OCH3 is 1. The van der Waals surface area contributed by atoms with Gasteiger partial charge < -0.3 is 15.8 Å². The molecule has 2 aromatic carbocycles. The number of hydrogen-bond acceptors (Lipinski definition) is 7. The summed E-state index contributed by atoms with van der Waals surface area (Å²) in [5, 5.41) is 11.9. The minimum absolute atomic E-state index is 0.125. The van der Waals surface area contributed by atoms with Gasteiger partial charge in [0.15, 0.2) is 0 Å². The van der Waals surface area contributed by atoms with Crippen molar-refractivity contribution < 1.29 is 4.74 Å². The van der Waals surface area contributed by atoms with Crippen LogP contribution >= 0.6 is 15.9 Å². The molecule has 0 amide bonds. The molecule has 0 radical (unpaired) electrons. The van der Waals surface area contributed by atoms with Crippen molar-refractivity contribution in [3.05, 3.63) is 63.9 Å². The van der Waals surface area contributed by atoms with E-state index in [1.165, 1.54) is 0 Å². The summed E-state index contributed by atoms with van der Waals surface area (Å²) in [6.45, 7) is 0. The summed E-state index contributed by atoms with van der Waals surface area (Å²) in [6.07, 6.45) is 0.442. The summed E-state index contributed by atoms with van der Waals surface area (Å²) in [4.78, 5) is 12.7. The normalized spacial score (nSPS) is 10.2. The molecule has 1 aromatic heterocycles. The molecule has 0 spiro atoms. The molecule has 8 heteroatoms. The van der Waals surface area contributed by atoms with Gasteiger partial charge in [-0.2, -0.15) is 20.2 Å². The van der Waals surface area contributed by atoms with Crippen molar-refractivity contribution in [3.63, 3.8) is 0 Å². The third-order valence-electron chi connectivity index (χ3n) is 3.56. The first-order valence-electron chi connectivity index (χ1n) is 7.67. The number of hydrogen-bond donors (Lipinski definition) is 2. The maximum absolute atomic E-state index is 8.86. The number of nitrogens with one attached hydrogen (secondary N) is 1. The number of anilines is 3. The van der Waals surface area contributed by atoms with Crippen molar-refractivity contribution in [3.8, 4) is 11.8 Å². The minimum atomic E-state index is 0.125. The van der Waals surface area contributed by atoms with Gasteiger partial charge in [-0.3, -0.25) is 0 Å². The quantitative estimate of drug-likeness (QED) is 0.662. The van der Waals surface area contributed by atoms with E-state index in [1.54, 1.807) is 31.4 Å². The summed E-state index contributed by atoms with van der Waals surface area (Å²) >= 11 is 3.46. The average molecular weight is 411 g/mol. The highest BCUT2D eigenvalue weighted by molar-refractivity contribution is 9.10. The Morgan fingerprint density at radius 1 is 1.15 bits per heavy atom. The van der Waals surface area contributed by atoms with Gasteiger partial charge in [-0.25, -0.2) is 0 Å². The number of nitriles is 1. The topological polar surface area (TPSA) is 110 Å². The van der Waals surface area contributed by atoms with Crippen LogP contribution in [0.3, 0.4) is 0 Å². The maximum atomic E-state index is 8.86. The number of aromatic nitrogens is 3. The van der Waals surface area contributed by atoms with Crippen LogP contribution in [0.1, 0.15) is 17.0 Å². The lowest BCUT2D eigenvalue weighted by Crippen LogP contribution is -2.08. The van der Waals surface area contributed by atoms with E-state index in [9.17, 15) is 0 Å². The van der Waals surface area contributed by atoms with Gasteiger partial charge in [0, 0.05) is 22.1 Å². The first kappa shape index (κ1) is 17.6. The molecule has 0 fully saturated rings. The summed E-state index contributed by atoms with van der Waals surface area (Å²) < 4.78 is 6.32. The molecule has 0 saturated heterocycles. The van der Waals surface area contributed by atoms with Gasteiger partial charge in [-0.05, 0) is 42.5 Å². The largest absolute Gasteiger partial charge is 0.496 e. The van der Waals surface area contributed by atoms with Crippen LogP contribution in [0.5, 0.6) is 5.75 Å². The molecule has 3 rings (SSSR count). The van der Waals surface area contributed by atoms with E-state index < -0.39 is 0 Å². The molecule has 0 atom stereocenters. The Balaban J connectivity index is 1.85. The van der Waals surface area contributed by atoms with E-state index in [4.69, 9.17) is 15.7 Å². The molecule has 3 aromatic rings. The summed E-state index contributed by atoms with van der Waals surface area (Å²) in [5.41, 5.74) is 8.08. The van der Waals surface area contributed by atoms with Crippen LogP contribution in [0.25, 0.3) is 0 Å². The Kier molecular flexibility index (Phi) is 5.29. The van der Waals surface area contributed by atoms with Gasteiger partial charge in [0.1, 0.15) is 11.6 Å². The molecule has 0 unspecified atom stereocenters. The molecule has 26 heavy (non-hydrogen) atoms. The number of benzene rings is 2. The lowest BCUT2D eigenvalue weighted by molar-refractivity contribution is 0.410. The lowest BCUT2D eigenvalue weighted by Gasteiger charge is -2.10. The number of rotatable bonds is 5. The number of halogens is 1. The van der Waals surface area contributed by atoms with Crippen LogP contribution in [0.4, 0.5) is 17.6 Å². The molecule has 3 N–H and O–H groups in total. The van der Waals surface area contributed by atoms with Crippen molar-refractivity contribution in [2.45, 2.75) is 6.42 Å². The zero-order valence-electron chi connectivity index (χ0n) is 13.9. The number of ether oxygens (including phenoxy) is 1. The lowest BCUT2D eigenvalue weighted by atomic mass is 10.1. The Morgan fingerprint density at radius 2 is 1.92 bits per heavy atom. The summed E-state index contributed by atoms with van der Waals surface area (Å²) in [7, 11) is 1.62. The molecule has 0 aliphatic carbocycles. The highest BCUT2D eigenvalue weighted by Gasteiger charge is 2.10. The Morgan fingerprint density at radius 3 is 2.62 bits per heavy atom. The van der Waals surface area contributed by atoms with Gasteiger partial charge in [-0.1, -0.05) is 15.9 Å². The van der Waals surface area contributed by atoms with E-state index >= 15 is 0 Å². The number of nitrogens with two attached hydrogens (primary N) is 1. The standard InChI is InChI=1S/C18H15BrN6O/c1-26-15-7-4-13(19)8-12(15)9-16-23-17(21)25-18(24-16)22-14-5-2-11(10-20)3-6-14/h2-8H,9H2,1H3,(H3,21,22,23,24,25). The van der Waals surface area contributed by atoms with Crippen molar-refractivity contribution >= 4 is 33.5 Å². The smallest absolute Gasteiger partial charge is 0.232 e. The molecule has 0 aliphatic rings. The van der Waals surface area contributed by atoms with Crippen molar-refractivity contribution in [2.75, 3.05) is 18.2 Å². The van der Waals surface area contributed by atoms with Crippen LogP contribution in [0, 0.1) is 11.3 Å². The summed E-state index contributed by atoms with van der Waals surface area (Å²) in [6, 6.07) is 14.8. The van der Waals surface area contributed by atoms with E-state index in [2.05, 4.69) is 42.3 Å². The SMILES string of the molecule is COc1ccc(Br)cc1Cc1nc(N)nc(Nc2ccc(C#N)cc2)n1. The second-order valence-corrected chi connectivity index (χ2v) is 6.30. The second-order valence-electron chi connectivity index (χ2n) is 5.38. The van der Waals surface area contributed by atoms with Crippen LogP contribution in [0.2, 0.25) is 0 Å². The van der Waals surface area contributed by atoms with Crippen LogP contribution < -0.4 is 15.8 Å². The third-order valence-corrected chi connectivity index (χ3v) is 4.05. The van der Waals surface area contributed by atoms with Gasteiger partial charge >= 0.3 is 0 Å². The van der Waals surface area contributed by atoms with Gasteiger partial charge in [0.25, 0.3) is 0 Å². The van der Waals surface area contributed by atoms with Crippen LogP contribution in [-0.4, -0.2) is 22.1 Å². The van der Waals surface area contributed by atoms with E-state index in [1.807, 2.05) is 18.2 Å². The zero-order valence-corrected chi connectivity index (χ0v) is 15.5. The van der Waals surface area contributed by atoms with Gasteiger partial charge in [0.05, 0.1) is 18.7 Å². The Bertz CT molecular complexity index is 968. The van der Waals surface area contributed by atoms with E-state index in [0.29, 0.717) is 23.8 Å². The predicted molar refractivity (Wildman–Crippen MR) is 102 cm³/mol. The monoisotopic (exact) mass is 410 g/mol. The molecule has 1 heterocycles. The molecule has 0 bridgehead atoms. The predicted octanol–water partition coefficient (Wildman–Crippen LogP) is 3.43. The second kappa shape index (κ2) is 7.80. The fraction of sp³-hybridized carbons (Fsp3) is 0.111. The fourth-order valence-electron chi connectivity index (χ4n) is 2.39. The van der Waals surface area contributed by atoms with E-state index in [-0.39, 0.29) is 5.95 Å². The Labute approximate surface area is 159 Å². The number of nitrogens with zero attached hydrogens (tertiary/aromatic N) is 4.